The van der Waals surface area contributed by atoms with E-state index in [0.29, 0.717) is 12.0 Å². The van der Waals surface area contributed by atoms with Crippen LogP contribution in [-0.2, 0) is 13.6 Å². The van der Waals surface area contributed by atoms with Gasteiger partial charge in [0.25, 0.3) is 0 Å². The van der Waals surface area contributed by atoms with Crippen LogP contribution in [0.3, 0.4) is 0 Å². The summed E-state index contributed by atoms with van der Waals surface area (Å²) in [4.78, 5) is 7.04. The monoisotopic (exact) mass is 352 g/mol. The quantitative estimate of drug-likeness (QED) is 0.767. The largest absolute Gasteiger partial charge is 0.311 e. The highest BCUT2D eigenvalue weighted by molar-refractivity contribution is 5.48. The molecule has 6 nitrogen and oxygen atoms in total. The van der Waals surface area contributed by atoms with E-state index in [-0.39, 0.29) is 0 Å². The summed E-state index contributed by atoms with van der Waals surface area (Å²) in [6.45, 7) is 5.09. The number of pyridine rings is 1. The van der Waals surface area contributed by atoms with Crippen LogP contribution < -0.4 is 5.32 Å². The van der Waals surface area contributed by atoms with Gasteiger partial charge in [0.2, 0.25) is 0 Å². The average Bonchev–Trinajstić information content (AvgIpc) is 3.23. The molecule has 4 rings (SSSR count). The number of nitrogens with one attached hydrogen (secondary N) is 1. The summed E-state index contributed by atoms with van der Waals surface area (Å²) in [5.74, 6) is 0.588. The van der Waals surface area contributed by atoms with Crippen LogP contribution in [0.1, 0.15) is 35.8 Å². The maximum Gasteiger partial charge on any atom is 0.139 e. The summed E-state index contributed by atoms with van der Waals surface area (Å²) in [5, 5.41) is 8.07. The summed E-state index contributed by atoms with van der Waals surface area (Å²) >= 11 is 0. The molecular formula is C20H28N6. The molecule has 26 heavy (non-hydrogen) atoms. The van der Waals surface area contributed by atoms with Gasteiger partial charge in [0, 0.05) is 32.5 Å². The molecule has 138 valence electrons. The Morgan fingerprint density at radius 2 is 2.15 bits per heavy atom. The Morgan fingerprint density at radius 3 is 2.96 bits per heavy atom. The molecule has 0 amide bonds. The molecule has 0 saturated carbocycles. The molecule has 1 saturated heterocycles. The number of piperidine rings is 1. The molecule has 0 radical (unpaired) electrons. The molecule has 0 spiro atoms. The van der Waals surface area contributed by atoms with Crippen molar-refractivity contribution in [1.82, 2.24) is 29.4 Å². The molecule has 3 aromatic heterocycles. The van der Waals surface area contributed by atoms with Gasteiger partial charge in [0.1, 0.15) is 5.65 Å². The Morgan fingerprint density at radius 1 is 1.27 bits per heavy atom. The van der Waals surface area contributed by atoms with Gasteiger partial charge in [0.05, 0.1) is 23.6 Å². The number of hydrogen-bond donors (Lipinski definition) is 1. The van der Waals surface area contributed by atoms with Crippen LogP contribution in [-0.4, -0.2) is 44.2 Å². The van der Waals surface area contributed by atoms with E-state index in [1.165, 1.54) is 29.8 Å². The fourth-order valence-electron chi connectivity index (χ4n) is 4.33. The molecule has 1 aliphatic heterocycles. The number of imidazole rings is 1. The Kier molecular flexibility index (Phi) is 4.78. The Bertz CT molecular complexity index is 879. The summed E-state index contributed by atoms with van der Waals surface area (Å²) in [7, 11) is 4.28. The van der Waals surface area contributed by atoms with Crippen LogP contribution in [0, 0.1) is 12.8 Å². The number of rotatable bonds is 5. The van der Waals surface area contributed by atoms with Crippen molar-refractivity contribution in [2.24, 2.45) is 13.0 Å². The van der Waals surface area contributed by atoms with Gasteiger partial charge < -0.3 is 9.72 Å². The number of aryl methyl sites for hydroxylation is 2. The van der Waals surface area contributed by atoms with E-state index in [4.69, 9.17) is 0 Å². The van der Waals surface area contributed by atoms with E-state index >= 15 is 0 Å². The molecular weight excluding hydrogens is 324 g/mol. The molecule has 1 aliphatic rings. The van der Waals surface area contributed by atoms with Crippen LogP contribution in [0.2, 0.25) is 0 Å². The lowest BCUT2D eigenvalue weighted by Crippen LogP contribution is -2.41. The van der Waals surface area contributed by atoms with Crippen LogP contribution in [0.25, 0.3) is 5.65 Å². The number of fused-ring (bicyclic) bond motifs is 1. The van der Waals surface area contributed by atoms with Crippen molar-refractivity contribution in [2.75, 3.05) is 20.1 Å². The fraction of sp³-hybridized carbons (Fsp3) is 0.500. The minimum Gasteiger partial charge on any atom is -0.311 e. The van der Waals surface area contributed by atoms with Gasteiger partial charge in [0.15, 0.2) is 0 Å². The van der Waals surface area contributed by atoms with Crippen molar-refractivity contribution in [3.63, 3.8) is 0 Å². The number of aromatic nitrogens is 4. The Hall–Kier alpha value is -2.18. The maximum absolute atomic E-state index is 4.57. The zero-order valence-corrected chi connectivity index (χ0v) is 15.9. The predicted octanol–water partition coefficient (Wildman–Crippen LogP) is 2.55. The molecule has 4 heterocycles. The van der Waals surface area contributed by atoms with Crippen LogP contribution in [0.5, 0.6) is 0 Å². The minimum atomic E-state index is 0.424. The van der Waals surface area contributed by atoms with Crippen molar-refractivity contribution in [3.05, 3.63) is 53.7 Å². The van der Waals surface area contributed by atoms with Crippen LogP contribution in [0.4, 0.5) is 0 Å². The van der Waals surface area contributed by atoms with Crippen LogP contribution in [0.15, 0.2) is 36.8 Å². The van der Waals surface area contributed by atoms with Crippen molar-refractivity contribution in [2.45, 2.75) is 32.4 Å². The normalized spacial score (nSPS) is 21.5. The van der Waals surface area contributed by atoms with E-state index in [1.807, 2.05) is 24.1 Å². The standard InChI is InChI=1S/C20H28N6/c1-15-6-4-11-26-17(14-22-20(15)26)13-21-12-16-7-5-10-24(2)19(16)18-8-9-23-25(18)3/h4,6,8-9,11,14,16,19,21H,5,7,10,12-13H2,1-3H3/t16-,19+/m0/s1. The van der Waals surface area contributed by atoms with Gasteiger partial charge in [-0.3, -0.25) is 9.58 Å². The first-order chi connectivity index (χ1) is 12.6. The smallest absolute Gasteiger partial charge is 0.139 e. The third-order valence-electron chi connectivity index (χ3n) is 5.69. The van der Waals surface area contributed by atoms with Crippen molar-refractivity contribution in [1.29, 1.82) is 0 Å². The zero-order chi connectivity index (χ0) is 18.1. The van der Waals surface area contributed by atoms with Gasteiger partial charge in [-0.05, 0) is 57.0 Å². The topological polar surface area (TPSA) is 50.4 Å². The summed E-state index contributed by atoms with van der Waals surface area (Å²) in [6, 6.07) is 6.78. The fourth-order valence-corrected chi connectivity index (χ4v) is 4.33. The molecule has 0 aromatic carbocycles. The zero-order valence-electron chi connectivity index (χ0n) is 15.9. The predicted molar refractivity (Wildman–Crippen MR) is 103 cm³/mol. The Balaban J connectivity index is 1.46. The van der Waals surface area contributed by atoms with E-state index in [2.05, 4.69) is 63.1 Å². The van der Waals surface area contributed by atoms with Gasteiger partial charge in [-0.15, -0.1) is 0 Å². The molecule has 0 bridgehead atoms. The number of hydrogen-bond acceptors (Lipinski definition) is 4. The Labute approximate surface area is 154 Å². The highest BCUT2D eigenvalue weighted by Gasteiger charge is 2.32. The van der Waals surface area contributed by atoms with E-state index in [9.17, 15) is 0 Å². The molecule has 3 aromatic rings. The molecule has 1 N–H and O–H groups in total. The second-order valence-electron chi connectivity index (χ2n) is 7.47. The van der Waals surface area contributed by atoms with Crippen molar-refractivity contribution >= 4 is 5.65 Å². The lowest BCUT2D eigenvalue weighted by Gasteiger charge is -2.39. The SMILES string of the molecule is Cc1cccn2c(CNC[C@@H]3CCCN(C)[C@H]3c3ccnn3C)cnc12. The van der Waals surface area contributed by atoms with E-state index < -0.39 is 0 Å². The molecule has 0 aliphatic carbocycles. The summed E-state index contributed by atoms with van der Waals surface area (Å²) < 4.78 is 4.21. The molecule has 1 fully saturated rings. The van der Waals surface area contributed by atoms with Gasteiger partial charge >= 0.3 is 0 Å². The highest BCUT2D eigenvalue weighted by Crippen LogP contribution is 2.34. The molecule has 6 heteroatoms. The first-order valence-corrected chi connectivity index (χ1v) is 9.45. The molecule has 0 unspecified atom stereocenters. The number of nitrogens with zero attached hydrogens (tertiary/aromatic N) is 5. The molecule has 2 atom stereocenters. The van der Waals surface area contributed by atoms with E-state index in [1.54, 1.807) is 0 Å². The number of likely N-dealkylation sites (tertiary alicyclic amines) is 1. The van der Waals surface area contributed by atoms with Crippen LogP contribution >= 0.6 is 0 Å². The van der Waals surface area contributed by atoms with E-state index in [0.717, 1.165) is 25.3 Å². The van der Waals surface area contributed by atoms with Gasteiger partial charge in [-0.1, -0.05) is 6.07 Å². The maximum atomic E-state index is 4.57. The second-order valence-corrected chi connectivity index (χ2v) is 7.47. The van der Waals surface area contributed by atoms with Gasteiger partial charge in [-0.25, -0.2) is 4.98 Å². The minimum absolute atomic E-state index is 0.424. The second kappa shape index (κ2) is 7.21. The summed E-state index contributed by atoms with van der Waals surface area (Å²) in [6.07, 6.45) is 8.49. The highest BCUT2D eigenvalue weighted by atomic mass is 15.3. The van der Waals surface area contributed by atoms with Crippen molar-refractivity contribution in [3.8, 4) is 0 Å². The van der Waals surface area contributed by atoms with Crippen molar-refractivity contribution < 1.29 is 0 Å². The first-order valence-electron chi connectivity index (χ1n) is 9.45. The summed E-state index contributed by atoms with van der Waals surface area (Å²) in [5.41, 5.74) is 4.78. The lowest BCUT2D eigenvalue weighted by molar-refractivity contribution is 0.112. The third-order valence-corrected chi connectivity index (χ3v) is 5.69. The average molecular weight is 352 g/mol. The third kappa shape index (κ3) is 3.15. The lowest BCUT2D eigenvalue weighted by atomic mass is 9.87. The first kappa shape index (κ1) is 17.2. The van der Waals surface area contributed by atoms with Gasteiger partial charge in [-0.2, -0.15) is 5.10 Å².